The van der Waals surface area contributed by atoms with Crippen LogP contribution in [-0.4, -0.2) is 23.0 Å². The maximum absolute atomic E-state index is 11.3. The van der Waals surface area contributed by atoms with Crippen LogP contribution >= 0.6 is 0 Å². The van der Waals surface area contributed by atoms with Gasteiger partial charge in [-0.05, 0) is 24.3 Å². The lowest BCUT2D eigenvalue weighted by atomic mass is 10.2. The number of rotatable bonds is 3. The van der Waals surface area contributed by atoms with Gasteiger partial charge in [-0.25, -0.2) is 14.8 Å². The molecule has 6 nitrogen and oxygen atoms in total. The molecule has 19 heavy (non-hydrogen) atoms. The molecule has 2 aromatic rings. The van der Waals surface area contributed by atoms with E-state index in [4.69, 9.17) is 5.26 Å². The molecule has 0 fully saturated rings. The third-order valence-electron chi connectivity index (χ3n) is 2.36. The zero-order valence-corrected chi connectivity index (χ0v) is 10.1. The number of esters is 1. The summed E-state index contributed by atoms with van der Waals surface area (Å²) in [5.74, 6) is 0.123. The van der Waals surface area contributed by atoms with Gasteiger partial charge in [-0.15, -0.1) is 0 Å². The van der Waals surface area contributed by atoms with Crippen molar-refractivity contribution in [2.24, 2.45) is 0 Å². The third-order valence-corrected chi connectivity index (χ3v) is 2.36. The normalized spacial score (nSPS) is 9.47. The standard InChI is InChI=1S/C13H10N4O2/c1-19-13(18)9-2-4-10(5-3-9)17-12-6-11(7-14)15-8-16-12/h2-6,8H,1H3,(H,15,16,17). The molecule has 0 saturated heterocycles. The van der Waals surface area contributed by atoms with Crippen LogP contribution in [0.1, 0.15) is 16.1 Å². The number of ether oxygens (including phenoxy) is 1. The van der Waals surface area contributed by atoms with E-state index in [9.17, 15) is 4.79 Å². The van der Waals surface area contributed by atoms with E-state index in [1.54, 1.807) is 24.3 Å². The first kappa shape index (κ1) is 12.5. The second kappa shape index (κ2) is 5.60. The van der Waals surface area contributed by atoms with Gasteiger partial charge in [-0.2, -0.15) is 5.26 Å². The minimum Gasteiger partial charge on any atom is -0.465 e. The third kappa shape index (κ3) is 3.04. The van der Waals surface area contributed by atoms with Crippen LogP contribution in [-0.2, 0) is 4.74 Å². The van der Waals surface area contributed by atoms with Crippen molar-refractivity contribution in [3.05, 3.63) is 47.9 Å². The Morgan fingerprint density at radius 3 is 2.68 bits per heavy atom. The molecule has 1 aromatic heterocycles. The Bertz CT molecular complexity index is 632. The van der Waals surface area contributed by atoms with E-state index < -0.39 is 0 Å². The van der Waals surface area contributed by atoms with Crippen LogP contribution in [0.4, 0.5) is 11.5 Å². The average molecular weight is 254 g/mol. The van der Waals surface area contributed by atoms with Crippen LogP contribution in [0.25, 0.3) is 0 Å². The molecule has 0 spiro atoms. The first-order chi connectivity index (χ1) is 9.22. The Morgan fingerprint density at radius 1 is 1.32 bits per heavy atom. The van der Waals surface area contributed by atoms with Crippen LogP contribution in [0.2, 0.25) is 0 Å². The quantitative estimate of drug-likeness (QED) is 0.841. The fraction of sp³-hybridized carbons (Fsp3) is 0.0769. The smallest absolute Gasteiger partial charge is 0.337 e. The average Bonchev–Trinajstić information content (AvgIpc) is 2.47. The summed E-state index contributed by atoms with van der Waals surface area (Å²) in [7, 11) is 1.33. The van der Waals surface area contributed by atoms with Gasteiger partial charge in [0.05, 0.1) is 12.7 Å². The fourth-order valence-electron chi connectivity index (χ4n) is 1.44. The van der Waals surface area contributed by atoms with Crippen molar-refractivity contribution in [1.82, 2.24) is 9.97 Å². The lowest BCUT2D eigenvalue weighted by molar-refractivity contribution is 0.0601. The Labute approximate surface area is 109 Å². The zero-order valence-electron chi connectivity index (χ0n) is 10.1. The highest BCUT2D eigenvalue weighted by Gasteiger charge is 2.04. The molecule has 0 radical (unpaired) electrons. The highest BCUT2D eigenvalue weighted by Crippen LogP contribution is 2.15. The maximum atomic E-state index is 11.3. The molecule has 1 N–H and O–H groups in total. The number of methoxy groups -OCH3 is 1. The summed E-state index contributed by atoms with van der Waals surface area (Å²) in [5, 5.41) is 11.7. The van der Waals surface area contributed by atoms with Crippen LogP contribution in [0.5, 0.6) is 0 Å². The monoisotopic (exact) mass is 254 g/mol. The van der Waals surface area contributed by atoms with Gasteiger partial charge in [0.1, 0.15) is 23.9 Å². The van der Waals surface area contributed by atoms with Crippen LogP contribution < -0.4 is 5.32 Å². The number of hydrogen-bond donors (Lipinski definition) is 1. The number of hydrogen-bond acceptors (Lipinski definition) is 6. The van der Waals surface area contributed by atoms with Crippen molar-refractivity contribution in [1.29, 1.82) is 5.26 Å². The number of aromatic nitrogens is 2. The Morgan fingerprint density at radius 2 is 2.05 bits per heavy atom. The molecule has 1 aromatic carbocycles. The van der Waals surface area contributed by atoms with E-state index in [0.717, 1.165) is 5.69 Å². The van der Waals surface area contributed by atoms with Gasteiger partial charge in [-0.1, -0.05) is 0 Å². The second-order valence-corrected chi connectivity index (χ2v) is 3.59. The molecule has 0 aliphatic heterocycles. The predicted octanol–water partition coefficient (Wildman–Crippen LogP) is 1.88. The predicted molar refractivity (Wildman–Crippen MR) is 67.8 cm³/mol. The highest BCUT2D eigenvalue weighted by molar-refractivity contribution is 5.89. The number of nitrogens with one attached hydrogen (secondary N) is 1. The Balaban J connectivity index is 2.15. The van der Waals surface area contributed by atoms with Crippen molar-refractivity contribution in [2.45, 2.75) is 0 Å². The molecule has 0 aliphatic carbocycles. The molecule has 0 aliphatic rings. The number of nitrogens with zero attached hydrogens (tertiary/aromatic N) is 3. The molecule has 0 saturated carbocycles. The summed E-state index contributed by atoms with van der Waals surface area (Å²) >= 11 is 0. The van der Waals surface area contributed by atoms with Gasteiger partial charge in [0, 0.05) is 11.8 Å². The van der Waals surface area contributed by atoms with E-state index in [2.05, 4.69) is 20.0 Å². The van der Waals surface area contributed by atoms with Crippen LogP contribution in [0.3, 0.4) is 0 Å². The van der Waals surface area contributed by atoms with Gasteiger partial charge >= 0.3 is 5.97 Å². The first-order valence-electron chi connectivity index (χ1n) is 5.40. The van der Waals surface area contributed by atoms with Crippen molar-refractivity contribution >= 4 is 17.5 Å². The van der Waals surface area contributed by atoms with Gasteiger partial charge in [-0.3, -0.25) is 0 Å². The molecule has 0 amide bonds. The van der Waals surface area contributed by atoms with Crippen LogP contribution in [0, 0.1) is 11.3 Å². The Hall–Kier alpha value is -2.94. The largest absolute Gasteiger partial charge is 0.465 e. The molecule has 0 unspecified atom stereocenters. The molecular weight excluding hydrogens is 244 g/mol. The number of benzene rings is 1. The van der Waals surface area contributed by atoms with Gasteiger partial charge < -0.3 is 10.1 Å². The summed E-state index contributed by atoms with van der Waals surface area (Å²) in [6.45, 7) is 0. The van der Waals surface area contributed by atoms with Gasteiger partial charge in [0.15, 0.2) is 0 Å². The van der Waals surface area contributed by atoms with Crippen molar-refractivity contribution < 1.29 is 9.53 Å². The number of carbonyl (C=O) groups is 1. The van der Waals surface area contributed by atoms with E-state index in [1.165, 1.54) is 19.5 Å². The van der Waals surface area contributed by atoms with Crippen molar-refractivity contribution in [2.75, 3.05) is 12.4 Å². The first-order valence-corrected chi connectivity index (χ1v) is 5.40. The van der Waals surface area contributed by atoms with E-state index >= 15 is 0 Å². The van der Waals surface area contributed by atoms with Crippen LogP contribution in [0.15, 0.2) is 36.7 Å². The molecule has 2 rings (SSSR count). The lowest BCUT2D eigenvalue weighted by Gasteiger charge is -2.06. The molecular formula is C13H10N4O2. The minimum atomic E-state index is -0.389. The highest BCUT2D eigenvalue weighted by atomic mass is 16.5. The summed E-state index contributed by atoms with van der Waals surface area (Å²) in [6.07, 6.45) is 1.31. The molecule has 1 heterocycles. The minimum absolute atomic E-state index is 0.281. The zero-order chi connectivity index (χ0) is 13.7. The topological polar surface area (TPSA) is 87.9 Å². The summed E-state index contributed by atoms with van der Waals surface area (Å²) in [6, 6.07) is 10.2. The van der Waals surface area contributed by atoms with E-state index in [-0.39, 0.29) is 11.7 Å². The number of anilines is 2. The molecule has 0 atom stereocenters. The van der Waals surface area contributed by atoms with E-state index in [1.807, 2.05) is 6.07 Å². The number of nitriles is 1. The van der Waals surface area contributed by atoms with Gasteiger partial charge in [0.2, 0.25) is 0 Å². The molecule has 6 heteroatoms. The second-order valence-electron chi connectivity index (χ2n) is 3.59. The lowest BCUT2D eigenvalue weighted by Crippen LogP contribution is -2.01. The SMILES string of the molecule is COC(=O)c1ccc(Nc2cc(C#N)ncn2)cc1. The Kier molecular flexibility index (Phi) is 3.69. The molecule has 0 bridgehead atoms. The van der Waals surface area contributed by atoms with Crippen molar-refractivity contribution in [3.8, 4) is 6.07 Å². The summed E-state index contributed by atoms with van der Waals surface area (Å²) in [4.78, 5) is 19.0. The van der Waals surface area contributed by atoms with Gasteiger partial charge in [0.25, 0.3) is 0 Å². The molecule has 94 valence electrons. The maximum Gasteiger partial charge on any atom is 0.337 e. The number of carbonyl (C=O) groups excluding carboxylic acids is 1. The fourth-order valence-corrected chi connectivity index (χ4v) is 1.44. The summed E-state index contributed by atoms with van der Waals surface area (Å²) in [5.41, 5.74) is 1.49. The van der Waals surface area contributed by atoms with Crippen molar-refractivity contribution in [3.63, 3.8) is 0 Å². The summed E-state index contributed by atoms with van der Waals surface area (Å²) < 4.78 is 4.61. The van der Waals surface area contributed by atoms with E-state index in [0.29, 0.717) is 11.4 Å².